The summed E-state index contributed by atoms with van der Waals surface area (Å²) in [5, 5.41) is 0. The fraction of sp³-hybridized carbons (Fsp3) is 0.389. The van der Waals surface area contributed by atoms with Gasteiger partial charge in [0.1, 0.15) is 0 Å². The zero-order chi connectivity index (χ0) is 25.3. The van der Waals surface area contributed by atoms with E-state index < -0.39 is 0 Å². The number of fused-ring (bicyclic) bond motifs is 4. The second-order valence-electron chi connectivity index (χ2n) is 13.4. The van der Waals surface area contributed by atoms with Crippen LogP contribution in [0.25, 0.3) is 11.1 Å². The first kappa shape index (κ1) is 23.5. The quantitative estimate of drug-likeness (QED) is 0.348. The van der Waals surface area contributed by atoms with Crippen LogP contribution in [0.2, 0.25) is 0 Å². The molecule has 3 aromatic rings. The van der Waals surface area contributed by atoms with E-state index in [4.69, 9.17) is 0 Å². The summed E-state index contributed by atoms with van der Waals surface area (Å²) in [6.07, 6.45) is 13.1. The summed E-state index contributed by atoms with van der Waals surface area (Å²) in [5.74, 6) is 0.741. The highest BCUT2D eigenvalue weighted by Crippen LogP contribution is 2.61. The van der Waals surface area contributed by atoms with Crippen molar-refractivity contribution in [1.29, 1.82) is 0 Å². The predicted octanol–water partition coefficient (Wildman–Crippen LogP) is 9.41. The van der Waals surface area contributed by atoms with Gasteiger partial charge in [0, 0.05) is 17.3 Å². The molecule has 0 aliphatic heterocycles. The molecule has 0 amide bonds. The Morgan fingerprint density at radius 3 is 1.81 bits per heavy atom. The first-order valence-corrected chi connectivity index (χ1v) is 13.8. The molecular weight excluding hydrogens is 432 g/mol. The fourth-order valence-corrected chi connectivity index (χ4v) is 7.26. The monoisotopic (exact) mass is 472 g/mol. The van der Waals surface area contributed by atoms with Crippen LogP contribution in [0.3, 0.4) is 0 Å². The van der Waals surface area contributed by atoms with E-state index in [1.807, 2.05) is 0 Å². The lowest BCUT2D eigenvalue weighted by molar-refractivity contribution is 0.276. The molecule has 3 aromatic carbocycles. The molecule has 184 valence electrons. The van der Waals surface area contributed by atoms with Crippen LogP contribution in [-0.4, -0.2) is 0 Å². The van der Waals surface area contributed by atoms with Gasteiger partial charge in [-0.2, -0.15) is 0 Å². The molecule has 0 radical (unpaired) electrons. The van der Waals surface area contributed by atoms with E-state index in [1.54, 1.807) is 11.1 Å². The Morgan fingerprint density at radius 1 is 0.694 bits per heavy atom. The Kier molecular flexibility index (Phi) is 5.28. The van der Waals surface area contributed by atoms with Crippen molar-refractivity contribution >= 4 is 0 Å². The topological polar surface area (TPSA) is 0 Å². The summed E-state index contributed by atoms with van der Waals surface area (Å²) < 4.78 is 0. The Bertz CT molecular complexity index is 1310. The maximum atomic E-state index is 2.57. The molecule has 0 heteroatoms. The molecule has 3 aliphatic carbocycles. The molecule has 1 unspecified atom stereocenters. The van der Waals surface area contributed by atoms with E-state index in [1.165, 1.54) is 52.6 Å². The van der Waals surface area contributed by atoms with Crippen LogP contribution in [0.15, 0.2) is 85.0 Å². The summed E-state index contributed by atoms with van der Waals surface area (Å²) in [7, 11) is 0. The van der Waals surface area contributed by atoms with Crippen molar-refractivity contribution in [2.45, 2.75) is 83.0 Å². The average Bonchev–Trinajstić information content (AvgIpc) is 3.49. The molecule has 1 atom stereocenters. The number of benzene rings is 3. The van der Waals surface area contributed by atoms with Gasteiger partial charge in [0.25, 0.3) is 0 Å². The lowest BCUT2D eigenvalue weighted by atomic mass is 9.54. The molecule has 0 heterocycles. The second-order valence-corrected chi connectivity index (χ2v) is 13.4. The van der Waals surface area contributed by atoms with Crippen LogP contribution in [-0.2, 0) is 22.7 Å². The van der Waals surface area contributed by atoms with Crippen LogP contribution in [0.1, 0.15) is 93.7 Å². The van der Waals surface area contributed by atoms with Crippen molar-refractivity contribution in [2.75, 3.05) is 0 Å². The molecule has 36 heavy (non-hydrogen) atoms. The number of rotatable bonds is 2. The smallest absolute Gasteiger partial charge is 0.0208 e. The third-order valence-electron chi connectivity index (χ3n) is 9.16. The Hall–Kier alpha value is -2.86. The van der Waals surface area contributed by atoms with Crippen LogP contribution in [0.4, 0.5) is 0 Å². The van der Waals surface area contributed by atoms with Crippen molar-refractivity contribution in [3.63, 3.8) is 0 Å². The van der Waals surface area contributed by atoms with E-state index in [-0.39, 0.29) is 16.2 Å². The molecule has 0 saturated heterocycles. The van der Waals surface area contributed by atoms with Crippen LogP contribution in [0.5, 0.6) is 0 Å². The molecule has 0 bridgehead atoms. The van der Waals surface area contributed by atoms with Crippen LogP contribution in [0, 0.1) is 5.92 Å². The van der Waals surface area contributed by atoms with Crippen molar-refractivity contribution in [3.8, 4) is 11.1 Å². The Labute approximate surface area is 218 Å². The predicted molar refractivity (Wildman–Crippen MR) is 154 cm³/mol. The maximum Gasteiger partial charge on any atom is 0.0208 e. The van der Waals surface area contributed by atoms with Gasteiger partial charge in [-0.1, -0.05) is 127 Å². The van der Waals surface area contributed by atoms with Gasteiger partial charge in [0.2, 0.25) is 0 Å². The summed E-state index contributed by atoms with van der Waals surface area (Å²) >= 11 is 0. The van der Waals surface area contributed by atoms with E-state index in [9.17, 15) is 0 Å². The zero-order valence-electron chi connectivity index (χ0n) is 22.9. The van der Waals surface area contributed by atoms with E-state index >= 15 is 0 Å². The molecule has 0 N–H and O–H groups in total. The lowest BCUT2D eigenvalue weighted by Gasteiger charge is -2.48. The molecule has 0 nitrogen and oxygen atoms in total. The highest BCUT2D eigenvalue weighted by atomic mass is 14.5. The molecule has 3 aliphatic rings. The van der Waals surface area contributed by atoms with Crippen LogP contribution < -0.4 is 0 Å². The van der Waals surface area contributed by atoms with Crippen molar-refractivity contribution in [2.24, 2.45) is 5.92 Å². The minimum Gasteiger partial charge on any atom is -0.0767 e. The van der Waals surface area contributed by atoms with Gasteiger partial charge >= 0.3 is 0 Å². The highest BCUT2D eigenvalue weighted by molar-refractivity contribution is 5.81. The fourth-order valence-electron chi connectivity index (χ4n) is 7.26. The molecule has 0 saturated carbocycles. The zero-order valence-corrected chi connectivity index (χ0v) is 22.9. The maximum absolute atomic E-state index is 2.57. The lowest BCUT2D eigenvalue weighted by Crippen LogP contribution is -2.42. The largest absolute Gasteiger partial charge is 0.0767 e. The first-order chi connectivity index (χ1) is 17.1. The minimum atomic E-state index is 0.0192. The van der Waals surface area contributed by atoms with Crippen LogP contribution >= 0.6 is 0 Å². The SMILES string of the molecule is CC(C)(C)c1ccc2c(c1)C(C1(C3C=CC=C3)CCCc3ccccc31)c1cc(C(C)(C)C)ccc1-2. The number of hydrogen-bond donors (Lipinski definition) is 0. The number of aryl methyl sites for hydroxylation is 1. The van der Waals surface area contributed by atoms with Crippen molar-refractivity contribution in [1.82, 2.24) is 0 Å². The number of allylic oxidation sites excluding steroid dienone is 4. The van der Waals surface area contributed by atoms with E-state index in [0.29, 0.717) is 11.8 Å². The molecule has 0 fully saturated rings. The first-order valence-electron chi connectivity index (χ1n) is 13.8. The summed E-state index contributed by atoms with van der Waals surface area (Å²) in [4.78, 5) is 0. The van der Waals surface area contributed by atoms with Gasteiger partial charge in [-0.3, -0.25) is 0 Å². The Morgan fingerprint density at radius 2 is 1.25 bits per heavy atom. The minimum absolute atomic E-state index is 0.0192. The summed E-state index contributed by atoms with van der Waals surface area (Å²) in [6, 6.07) is 24.1. The molecular formula is C36H40. The summed E-state index contributed by atoms with van der Waals surface area (Å²) in [5.41, 5.74) is 12.2. The van der Waals surface area contributed by atoms with E-state index in [2.05, 4.69) is 127 Å². The Balaban J connectivity index is 1.69. The van der Waals surface area contributed by atoms with Gasteiger partial charge in [-0.05, 0) is 74.6 Å². The number of hydrogen-bond acceptors (Lipinski definition) is 0. The standard InChI is InChI=1S/C36H40/c1-34(2,3)26-17-19-28-29-20-18-27(35(4,5)6)23-31(29)33(30(28)22-26)36(25-14-8-9-15-25)21-11-13-24-12-7-10-16-32(24)36/h7-10,12,14-20,22-23,25,33H,11,13,21H2,1-6H3. The third kappa shape index (κ3) is 3.48. The van der Waals surface area contributed by atoms with Gasteiger partial charge in [-0.25, -0.2) is 0 Å². The van der Waals surface area contributed by atoms with Crippen molar-refractivity contribution in [3.05, 3.63) is 118 Å². The van der Waals surface area contributed by atoms with Gasteiger partial charge in [0.15, 0.2) is 0 Å². The van der Waals surface area contributed by atoms with Crippen molar-refractivity contribution < 1.29 is 0 Å². The van der Waals surface area contributed by atoms with Gasteiger partial charge in [-0.15, -0.1) is 0 Å². The third-order valence-corrected chi connectivity index (χ3v) is 9.16. The van der Waals surface area contributed by atoms with E-state index in [0.717, 1.165) is 0 Å². The summed E-state index contributed by atoms with van der Waals surface area (Å²) in [6.45, 7) is 14.1. The average molecular weight is 473 g/mol. The normalized spacial score (nSPS) is 21.5. The van der Waals surface area contributed by atoms with Gasteiger partial charge < -0.3 is 0 Å². The molecule has 0 spiro atoms. The molecule has 0 aromatic heterocycles. The van der Waals surface area contributed by atoms with Gasteiger partial charge in [0.05, 0.1) is 0 Å². The highest BCUT2D eigenvalue weighted by Gasteiger charge is 2.52. The molecule has 6 rings (SSSR count). The second kappa shape index (κ2) is 8.07.